The van der Waals surface area contributed by atoms with Gasteiger partial charge in [-0.2, -0.15) is 0 Å². The van der Waals surface area contributed by atoms with Gasteiger partial charge >= 0.3 is 30.8 Å². The Morgan fingerprint density at radius 3 is 1.16 bits per heavy atom. The van der Waals surface area contributed by atoms with Crippen LogP contribution in [-0.2, 0) is 43.1 Å². The molecule has 0 spiro atoms. The number of aldehydes is 2. The number of hydrogen-bond donors (Lipinski definition) is 6. The third kappa shape index (κ3) is 28.4. The summed E-state index contributed by atoms with van der Waals surface area (Å²) in [4.78, 5) is 77.1. The number of hydrogen-bond acceptors (Lipinski definition) is 8. The largest absolute Gasteiger partial charge is 1.00 e. The first-order chi connectivity index (χ1) is 44.7. The van der Waals surface area contributed by atoms with E-state index in [2.05, 4.69) is 138 Å². The van der Waals surface area contributed by atoms with Crippen molar-refractivity contribution in [2.24, 2.45) is 0 Å². The zero-order valence-electron chi connectivity index (χ0n) is 55.2. The fourth-order valence-corrected chi connectivity index (χ4v) is 9.40. The van der Waals surface area contributed by atoms with Crippen LogP contribution in [-0.4, -0.2) is 135 Å². The molecule has 15 nitrogen and oxygen atoms in total. The van der Waals surface area contributed by atoms with E-state index in [4.69, 9.17) is 9.47 Å². The molecule has 0 radical (unpaired) electrons. The molecule has 6 heterocycles. The molecule has 0 saturated carbocycles. The summed E-state index contributed by atoms with van der Waals surface area (Å²) >= 11 is 3.16. The SMILES string of the molecule is CCOC(=O)/C=C/c1c[nH]c(-c2ccccc2)c1.CCOC(=O)CCc1c[nH]c(-c2ccccc2)c1.CN(C)C(=O)CCc1c[nH]c(-c2ccccc2)c1.CN(C)CCCc1c[nH]c(-c2ccccc2)c1.O=Cc1c[nH]c(-c2ccccc2)c1.O=Cc1c[nH]c(Br)c1.[AlH3].[H-].[Li+]. The molecule has 6 aromatic heterocycles. The summed E-state index contributed by atoms with van der Waals surface area (Å²) in [6.45, 7) is 5.59. The van der Waals surface area contributed by atoms with Crippen molar-refractivity contribution in [3.8, 4) is 56.3 Å². The van der Waals surface area contributed by atoms with Gasteiger partial charge < -0.3 is 50.6 Å². The Balaban J connectivity index is 0.000000299. The van der Waals surface area contributed by atoms with Crippen molar-refractivity contribution in [2.75, 3.05) is 47.9 Å². The average molecular weight is 1340 g/mol. The molecular formula is C76H87AlBrLiN8O7. The molecule has 0 atom stereocenters. The Morgan fingerprint density at radius 1 is 0.457 bits per heavy atom. The molecule has 0 unspecified atom stereocenters. The van der Waals surface area contributed by atoms with Crippen LogP contribution in [0.5, 0.6) is 0 Å². The molecule has 0 fully saturated rings. The molecule has 0 aliphatic heterocycles. The van der Waals surface area contributed by atoms with Crippen molar-refractivity contribution in [1.29, 1.82) is 0 Å². The summed E-state index contributed by atoms with van der Waals surface area (Å²) in [5.74, 6) is -0.294. The summed E-state index contributed by atoms with van der Waals surface area (Å²) in [7, 11) is 7.81. The predicted octanol–water partition coefficient (Wildman–Crippen LogP) is 12.3. The minimum atomic E-state index is -0.319. The van der Waals surface area contributed by atoms with Crippen molar-refractivity contribution in [3.63, 3.8) is 0 Å². The maximum absolute atomic E-state index is 11.5. The number of rotatable bonds is 21. The second-order valence-electron chi connectivity index (χ2n) is 21.4. The van der Waals surface area contributed by atoms with Gasteiger partial charge in [0.1, 0.15) is 0 Å². The molecule has 5 aromatic carbocycles. The van der Waals surface area contributed by atoms with E-state index < -0.39 is 0 Å². The van der Waals surface area contributed by atoms with Gasteiger partial charge in [0.15, 0.2) is 29.9 Å². The van der Waals surface area contributed by atoms with Crippen LogP contribution in [0.25, 0.3) is 62.4 Å². The van der Waals surface area contributed by atoms with Crippen molar-refractivity contribution in [2.45, 2.75) is 52.4 Å². The molecule has 0 aliphatic rings. The molecule has 11 aromatic rings. The van der Waals surface area contributed by atoms with Crippen molar-refractivity contribution in [3.05, 3.63) is 269 Å². The second kappa shape index (κ2) is 43.6. The molecular weight excluding hydrogens is 1250 g/mol. The van der Waals surface area contributed by atoms with Gasteiger partial charge in [-0.05, 0) is 169 Å². The zero-order valence-corrected chi connectivity index (χ0v) is 55.8. The van der Waals surface area contributed by atoms with E-state index in [1.807, 2.05) is 141 Å². The van der Waals surface area contributed by atoms with E-state index in [0.717, 1.165) is 87.2 Å². The molecule has 0 aliphatic carbocycles. The van der Waals surface area contributed by atoms with Gasteiger partial charge in [0, 0.05) is 110 Å². The smallest absolute Gasteiger partial charge is 1.00 e. The van der Waals surface area contributed by atoms with Crippen LogP contribution in [0.4, 0.5) is 0 Å². The van der Waals surface area contributed by atoms with Crippen LogP contribution in [0.2, 0.25) is 0 Å². The van der Waals surface area contributed by atoms with Crippen molar-refractivity contribution in [1.82, 2.24) is 39.7 Å². The maximum atomic E-state index is 11.5. The summed E-state index contributed by atoms with van der Waals surface area (Å²) in [6.07, 6.45) is 20.9. The number of nitrogens with one attached hydrogen (secondary N) is 6. The van der Waals surface area contributed by atoms with E-state index in [0.29, 0.717) is 43.6 Å². The number of carbonyl (C=O) groups is 5. The second-order valence-corrected chi connectivity index (χ2v) is 22.2. The Kier molecular flexibility index (Phi) is 35.9. The van der Waals surface area contributed by atoms with Crippen molar-refractivity contribution >= 4 is 69.8 Å². The molecule has 6 N–H and O–H groups in total. The van der Waals surface area contributed by atoms with Crippen LogP contribution in [0.1, 0.15) is 77.5 Å². The molecule has 0 saturated heterocycles. The van der Waals surface area contributed by atoms with Crippen LogP contribution >= 0.6 is 15.9 Å². The third-order valence-electron chi connectivity index (χ3n) is 13.8. The molecule has 1 amide bonds. The summed E-state index contributed by atoms with van der Waals surface area (Å²) in [5.41, 5.74) is 17.2. The standard InChI is InChI=1S/C15H18N2O.C15H20N2.C15H17NO2.C15H15NO2.C11H9NO.C5H4BrNO.Al.Li.4H/c1-17(2)15(18)9-8-12-10-14(16-11-12)13-6-4-3-5-7-13;1-17(2)10-6-7-13-11-15(16-12-13)14-8-4-3-5-9-14;2*1-2-18-15(17)9-8-12-10-14(16-11-12)13-6-4-3-5-7-13;13-8-9-6-11(12-7-9)10-4-2-1-3-5-10;6-5-1-4(3-8)2-7-5;;;;;;/h3-7,10-11,16H,8-9H2,1-2H3;3-5,8-9,11-12,16H,6-7,10H2,1-2H3;3-7,10-11,16H,2,8-9H2,1H3;3-11,16H,2H2,1H3;1-8,12H;1-3,7H;;;;;;/q;;;;;;;+1;;;;-1/b;;;9-8+;;;;;;;;. The van der Waals surface area contributed by atoms with Crippen LogP contribution in [0, 0.1) is 0 Å². The quantitative estimate of drug-likeness (QED) is 0.0176. The first kappa shape index (κ1) is 77.3. The van der Waals surface area contributed by atoms with Gasteiger partial charge in [0.25, 0.3) is 0 Å². The van der Waals surface area contributed by atoms with Gasteiger partial charge in [-0.25, -0.2) is 4.79 Å². The van der Waals surface area contributed by atoms with Crippen molar-refractivity contribution < 1.29 is 53.7 Å². The van der Waals surface area contributed by atoms with Gasteiger partial charge in [0.05, 0.1) is 17.8 Å². The summed E-state index contributed by atoms with van der Waals surface area (Å²) in [5, 5.41) is 0. The van der Waals surface area contributed by atoms with E-state index in [1.54, 1.807) is 50.5 Å². The van der Waals surface area contributed by atoms with Gasteiger partial charge in [0.2, 0.25) is 5.91 Å². The summed E-state index contributed by atoms with van der Waals surface area (Å²) in [6, 6.07) is 62.7. The fourth-order valence-electron chi connectivity index (χ4n) is 9.02. The molecule has 18 heteroatoms. The topological polar surface area (TPSA) is 205 Å². The van der Waals surface area contributed by atoms with Crippen LogP contribution < -0.4 is 18.9 Å². The van der Waals surface area contributed by atoms with E-state index in [-0.39, 0.29) is 55.5 Å². The van der Waals surface area contributed by atoms with Crippen LogP contribution in [0.3, 0.4) is 0 Å². The monoisotopic (exact) mass is 1340 g/mol. The normalized spacial score (nSPS) is 10.1. The number of esters is 2. The van der Waals surface area contributed by atoms with Gasteiger partial charge in [-0.1, -0.05) is 152 Å². The van der Waals surface area contributed by atoms with E-state index in [1.165, 1.54) is 40.4 Å². The number of nitrogens with zero attached hydrogens (tertiary/aromatic N) is 2. The Morgan fingerprint density at radius 2 is 0.809 bits per heavy atom. The number of halogens is 1. The number of amides is 1. The number of carbonyl (C=O) groups excluding carboxylic acids is 5. The number of benzene rings is 5. The molecule has 0 bridgehead atoms. The predicted molar refractivity (Wildman–Crippen MR) is 386 cm³/mol. The molecule has 484 valence electrons. The van der Waals surface area contributed by atoms with Gasteiger partial charge in [-0.3, -0.25) is 19.2 Å². The third-order valence-corrected chi connectivity index (χ3v) is 14.3. The number of aromatic nitrogens is 6. The minimum absolute atomic E-state index is 0. The summed E-state index contributed by atoms with van der Waals surface area (Å²) < 4.78 is 10.6. The Hall–Kier alpha value is -9.16. The fraction of sp³-hybridized carbons (Fsp3) is 0.197. The van der Waals surface area contributed by atoms with E-state index >= 15 is 0 Å². The first-order valence-corrected chi connectivity index (χ1v) is 31.3. The Labute approximate surface area is 585 Å². The minimum Gasteiger partial charge on any atom is -1.00 e. The molecule has 94 heavy (non-hydrogen) atoms. The molecule has 11 rings (SSSR count). The Bertz CT molecular complexity index is 3920. The van der Waals surface area contributed by atoms with Gasteiger partial charge in [-0.15, -0.1) is 0 Å². The average Bonchev–Trinajstić information content (AvgIpc) is 2.06. The van der Waals surface area contributed by atoms with E-state index in [9.17, 15) is 24.0 Å². The number of H-pyrrole nitrogens is 6. The number of ether oxygens (including phenoxy) is 2. The first-order valence-electron chi connectivity index (χ1n) is 30.5. The number of aromatic amines is 6. The number of aryl methyl sites for hydroxylation is 3. The maximum Gasteiger partial charge on any atom is 1.00 e. The van der Waals surface area contributed by atoms with Crippen LogP contribution in [0.15, 0.2) is 236 Å². The zero-order chi connectivity index (χ0) is 65.7.